The Morgan fingerprint density at radius 3 is 2.48 bits per heavy atom. The highest BCUT2D eigenvalue weighted by Crippen LogP contribution is 2.34. The summed E-state index contributed by atoms with van der Waals surface area (Å²) in [7, 11) is -0.992. The van der Waals surface area contributed by atoms with Gasteiger partial charge in [0.05, 0.1) is 25.0 Å². The van der Waals surface area contributed by atoms with Crippen molar-refractivity contribution in [2.24, 2.45) is 0 Å². The van der Waals surface area contributed by atoms with Crippen molar-refractivity contribution in [1.29, 1.82) is 0 Å². The van der Waals surface area contributed by atoms with E-state index in [1.54, 1.807) is 6.26 Å². The van der Waals surface area contributed by atoms with Gasteiger partial charge in [-0.15, -0.1) is 0 Å². The Morgan fingerprint density at radius 1 is 1.13 bits per heavy atom. The fourth-order valence-electron chi connectivity index (χ4n) is 4.88. The number of halogens is 3. The van der Waals surface area contributed by atoms with Gasteiger partial charge >= 0.3 is 6.18 Å². The van der Waals surface area contributed by atoms with Crippen LogP contribution in [-0.4, -0.2) is 65.3 Å². The van der Waals surface area contributed by atoms with Gasteiger partial charge in [0.25, 0.3) is 0 Å². The van der Waals surface area contributed by atoms with Crippen LogP contribution < -0.4 is 5.32 Å². The van der Waals surface area contributed by atoms with Crippen LogP contribution in [0.4, 0.5) is 13.2 Å². The third-order valence-corrected chi connectivity index (χ3v) is 7.15. The number of alkyl halides is 3. The van der Waals surface area contributed by atoms with Crippen molar-refractivity contribution >= 4 is 10.8 Å². The molecular formula is C23H35F3N2O2S. The molecule has 2 fully saturated rings. The molecule has 1 N–H and O–H groups in total. The zero-order chi connectivity index (χ0) is 22.3. The monoisotopic (exact) mass is 460 g/mol. The SMILES string of the molecule is CS(=O)CN[C@H]1CCCN(CCC(F)(F)F)[C@H]1COC1CCC(c2ccccc2)CC1. The van der Waals surface area contributed by atoms with E-state index in [0.29, 0.717) is 24.9 Å². The second kappa shape index (κ2) is 11.8. The van der Waals surface area contributed by atoms with Crippen LogP contribution in [0.15, 0.2) is 30.3 Å². The van der Waals surface area contributed by atoms with E-state index in [1.807, 2.05) is 11.0 Å². The number of nitrogens with zero attached hydrogens (tertiary/aromatic N) is 1. The molecule has 1 unspecified atom stereocenters. The summed E-state index contributed by atoms with van der Waals surface area (Å²) in [5.74, 6) is 0.921. The lowest BCUT2D eigenvalue weighted by Crippen LogP contribution is -2.57. The quantitative estimate of drug-likeness (QED) is 0.592. The van der Waals surface area contributed by atoms with Crippen molar-refractivity contribution in [3.05, 3.63) is 35.9 Å². The van der Waals surface area contributed by atoms with E-state index in [0.717, 1.165) is 38.5 Å². The van der Waals surface area contributed by atoms with E-state index in [9.17, 15) is 17.4 Å². The second-order valence-electron chi connectivity index (χ2n) is 8.86. The zero-order valence-corrected chi connectivity index (χ0v) is 19.1. The molecule has 0 bridgehead atoms. The minimum absolute atomic E-state index is 0.00606. The van der Waals surface area contributed by atoms with E-state index < -0.39 is 23.4 Å². The molecule has 0 amide bonds. The summed E-state index contributed by atoms with van der Waals surface area (Å²) in [6, 6.07) is 10.4. The van der Waals surface area contributed by atoms with Crippen LogP contribution in [0.5, 0.6) is 0 Å². The number of rotatable bonds is 9. The Labute approximate surface area is 186 Å². The Kier molecular flexibility index (Phi) is 9.37. The van der Waals surface area contributed by atoms with Crippen molar-refractivity contribution in [3.8, 4) is 0 Å². The van der Waals surface area contributed by atoms with Crippen molar-refractivity contribution in [1.82, 2.24) is 10.2 Å². The normalized spacial score (nSPS) is 29.0. The molecule has 3 rings (SSSR count). The van der Waals surface area contributed by atoms with Crippen molar-refractivity contribution in [2.45, 2.75) is 75.2 Å². The molecule has 0 spiro atoms. The topological polar surface area (TPSA) is 41.6 Å². The highest BCUT2D eigenvalue weighted by Gasteiger charge is 2.35. The molecule has 0 radical (unpaired) electrons. The fourth-order valence-corrected chi connectivity index (χ4v) is 5.33. The van der Waals surface area contributed by atoms with Crippen molar-refractivity contribution in [2.75, 3.05) is 31.8 Å². The lowest BCUT2D eigenvalue weighted by molar-refractivity contribution is -0.142. The van der Waals surface area contributed by atoms with E-state index >= 15 is 0 Å². The zero-order valence-electron chi connectivity index (χ0n) is 18.3. The van der Waals surface area contributed by atoms with Gasteiger partial charge in [0, 0.05) is 35.7 Å². The maximum absolute atomic E-state index is 12.8. The van der Waals surface area contributed by atoms with Crippen LogP contribution in [0.1, 0.15) is 56.4 Å². The number of hydrogen-bond acceptors (Lipinski definition) is 4. The number of ether oxygens (including phenoxy) is 1. The van der Waals surface area contributed by atoms with E-state index in [4.69, 9.17) is 4.74 Å². The summed E-state index contributed by atoms with van der Waals surface area (Å²) >= 11 is 0. The Balaban J connectivity index is 1.54. The first kappa shape index (κ1) is 24.7. The van der Waals surface area contributed by atoms with Crippen molar-refractivity contribution < 1.29 is 22.1 Å². The maximum Gasteiger partial charge on any atom is 0.390 e. The minimum atomic E-state index is -4.16. The van der Waals surface area contributed by atoms with E-state index in [-0.39, 0.29) is 24.7 Å². The molecule has 0 aromatic heterocycles. The van der Waals surface area contributed by atoms with E-state index in [1.165, 1.54) is 5.56 Å². The summed E-state index contributed by atoms with van der Waals surface area (Å²) in [5, 5.41) is 3.31. The van der Waals surface area contributed by atoms with Gasteiger partial charge in [-0.3, -0.25) is 9.11 Å². The van der Waals surface area contributed by atoms with Gasteiger partial charge in [0.15, 0.2) is 0 Å². The second-order valence-corrected chi connectivity index (χ2v) is 10.3. The third-order valence-electron chi connectivity index (χ3n) is 6.57. The molecule has 2 aliphatic rings. The molecule has 31 heavy (non-hydrogen) atoms. The van der Waals surface area contributed by atoms with Gasteiger partial charge < -0.3 is 10.1 Å². The molecule has 1 aromatic carbocycles. The van der Waals surface area contributed by atoms with Gasteiger partial charge in [0.1, 0.15) is 0 Å². The highest BCUT2D eigenvalue weighted by molar-refractivity contribution is 7.84. The van der Waals surface area contributed by atoms with Crippen LogP contribution in [0.3, 0.4) is 0 Å². The number of piperidine rings is 1. The van der Waals surface area contributed by atoms with Gasteiger partial charge in [-0.1, -0.05) is 30.3 Å². The van der Waals surface area contributed by atoms with Gasteiger partial charge in [0.2, 0.25) is 0 Å². The summed E-state index contributed by atoms with van der Waals surface area (Å²) in [4.78, 5) is 1.92. The molecule has 1 aliphatic carbocycles. The smallest absolute Gasteiger partial charge is 0.377 e. The molecular weight excluding hydrogens is 425 g/mol. The van der Waals surface area contributed by atoms with Crippen LogP contribution in [0.2, 0.25) is 0 Å². The van der Waals surface area contributed by atoms with Gasteiger partial charge in [-0.05, 0) is 56.6 Å². The predicted molar refractivity (Wildman–Crippen MR) is 119 cm³/mol. The number of benzene rings is 1. The molecule has 3 atom stereocenters. The summed E-state index contributed by atoms with van der Waals surface area (Å²) in [5.41, 5.74) is 1.38. The minimum Gasteiger partial charge on any atom is -0.377 e. The first-order chi connectivity index (χ1) is 14.8. The lowest BCUT2D eigenvalue weighted by atomic mass is 9.83. The van der Waals surface area contributed by atoms with Crippen LogP contribution >= 0.6 is 0 Å². The summed E-state index contributed by atoms with van der Waals surface area (Å²) < 4.78 is 56.3. The van der Waals surface area contributed by atoms with Crippen LogP contribution in [0.25, 0.3) is 0 Å². The standard InChI is InChI=1S/C23H35F3N2O2S/c1-31(29)17-27-21-8-5-14-28(15-13-23(24,25)26)22(21)16-30-20-11-9-19(10-12-20)18-6-3-2-4-7-18/h2-4,6-7,19-22,27H,5,8-17H2,1H3/t19?,20?,21-,22-,31?/m0/s1. The molecule has 1 saturated carbocycles. The fraction of sp³-hybridized carbons (Fsp3) is 0.739. The number of likely N-dealkylation sites (tertiary alicyclic amines) is 1. The first-order valence-corrected chi connectivity index (χ1v) is 13.1. The lowest BCUT2D eigenvalue weighted by Gasteiger charge is -2.42. The summed E-state index contributed by atoms with van der Waals surface area (Å²) in [6.45, 7) is 1.07. The number of nitrogens with one attached hydrogen (secondary N) is 1. The molecule has 4 nitrogen and oxygen atoms in total. The average Bonchev–Trinajstić information content (AvgIpc) is 2.75. The summed E-state index contributed by atoms with van der Waals surface area (Å²) in [6.07, 6.45) is 2.64. The van der Waals surface area contributed by atoms with Gasteiger partial charge in [-0.25, -0.2) is 0 Å². The Bertz CT molecular complexity index is 681. The van der Waals surface area contributed by atoms with Crippen molar-refractivity contribution in [3.63, 3.8) is 0 Å². The van der Waals surface area contributed by atoms with Crippen LogP contribution in [0, 0.1) is 0 Å². The molecule has 1 aliphatic heterocycles. The third kappa shape index (κ3) is 8.15. The molecule has 1 heterocycles. The van der Waals surface area contributed by atoms with Crippen LogP contribution in [-0.2, 0) is 15.5 Å². The van der Waals surface area contributed by atoms with E-state index in [2.05, 4.69) is 29.6 Å². The van der Waals surface area contributed by atoms with Gasteiger partial charge in [-0.2, -0.15) is 13.2 Å². The predicted octanol–water partition coefficient (Wildman–Crippen LogP) is 4.44. The average molecular weight is 461 g/mol. The molecule has 8 heteroatoms. The largest absolute Gasteiger partial charge is 0.390 e. The number of hydrogen-bond donors (Lipinski definition) is 1. The molecule has 1 saturated heterocycles. The molecule has 176 valence electrons. The Morgan fingerprint density at radius 2 is 1.84 bits per heavy atom. The highest BCUT2D eigenvalue weighted by atomic mass is 32.2. The Hall–Kier alpha value is -0.960. The molecule has 1 aromatic rings. The maximum atomic E-state index is 12.8. The first-order valence-electron chi connectivity index (χ1n) is 11.3.